The van der Waals surface area contributed by atoms with Crippen LogP contribution in [0.2, 0.25) is 0 Å². The standard InChI is InChI=1S/C8H17NOS/c1-3-11(10)8-5-4-6-9(2)7-8/h8H,3-7H2,1-2H3/p+1/t8-,11?/m1/s1. The van der Waals surface area contributed by atoms with Gasteiger partial charge in [0, 0.05) is 16.6 Å². The average molecular weight is 176 g/mol. The molecule has 11 heavy (non-hydrogen) atoms. The van der Waals surface area contributed by atoms with Crippen LogP contribution in [0.3, 0.4) is 0 Å². The minimum Gasteiger partial charge on any atom is -0.336 e. The molecular formula is C8H18NOS+. The molecule has 1 aliphatic rings. The highest BCUT2D eigenvalue weighted by Gasteiger charge is 2.23. The zero-order chi connectivity index (χ0) is 8.27. The van der Waals surface area contributed by atoms with Crippen molar-refractivity contribution >= 4 is 10.8 Å². The molecule has 1 N–H and O–H groups in total. The van der Waals surface area contributed by atoms with Crippen LogP contribution in [0.25, 0.3) is 0 Å². The SMILES string of the molecule is CCS(=O)[C@@H]1CCC[NH+](C)C1. The summed E-state index contributed by atoms with van der Waals surface area (Å²) >= 11 is 0. The molecule has 2 unspecified atom stereocenters. The Kier molecular flexibility index (Phi) is 3.52. The Bertz CT molecular complexity index is 149. The van der Waals surface area contributed by atoms with E-state index in [0.29, 0.717) is 5.25 Å². The summed E-state index contributed by atoms with van der Waals surface area (Å²) in [4.78, 5) is 1.54. The fourth-order valence-corrected chi connectivity index (χ4v) is 3.06. The first-order chi connectivity index (χ1) is 5.24. The number of likely N-dealkylation sites (tertiary alicyclic amines) is 1. The van der Waals surface area contributed by atoms with E-state index in [1.54, 1.807) is 4.90 Å². The normalized spacial score (nSPS) is 35.1. The number of nitrogens with one attached hydrogen (secondary N) is 1. The molecule has 1 aliphatic heterocycles. The van der Waals surface area contributed by atoms with Crippen molar-refractivity contribution in [2.45, 2.75) is 25.0 Å². The van der Waals surface area contributed by atoms with Gasteiger partial charge in [0.05, 0.1) is 25.4 Å². The van der Waals surface area contributed by atoms with Crippen LogP contribution in [0.5, 0.6) is 0 Å². The second-order valence-corrected chi connectivity index (χ2v) is 5.35. The monoisotopic (exact) mass is 176 g/mol. The van der Waals surface area contributed by atoms with Crippen LogP contribution in [-0.4, -0.2) is 35.3 Å². The maximum atomic E-state index is 11.4. The van der Waals surface area contributed by atoms with E-state index >= 15 is 0 Å². The van der Waals surface area contributed by atoms with Gasteiger partial charge in [0.1, 0.15) is 0 Å². The molecule has 1 fully saturated rings. The van der Waals surface area contributed by atoms with E-state index in [1.165, 1.54) is 19.4 Å². The molecular weight excluding hydrogens is 158 g/mol. The molecule has 0 bridgehead atoms. The van der Waals surface area contributed by atoms with Crippen LogP contribution < -0.4 is 4.90 Å². The van der Waals surface area contributed by atoms with Crippen LogP contribution >= 0.6 is 0 Å². The van der Waals surface area contributed by atoms with Crippen LogP contribution in [0.15, 0.2) is 0 Å². The lowest BCUT2D eigenvalue weighted by atomic mass is 10.1. The molecule has 0 saturated carbocycles. The van der Waals surface area contributed by atoms with Gasteiger partial charge in [0.2, 0.25) is 0 Å². The predicted molar refractivity (Wildman–Crippen MR) is 48.3 cm³/mol. The van der Waals surface area contributed by atoms with Crippen LogP contribution in [0, 0.1) is 0 Å². The minimum atomic E-state index is -0.555. The van der Waals surface area contributed by atoms with Crippen molar-refractivity contribution in [3.05, 3.63) is 0 Å². The number of piperidine rings is 1. The maximum Gasteiger partial charge on any atom is 0.0914 e. The molecule has 1 saturated heterocycles. The smallest absolute Gasteiger partial charge is 0.0914 e. The maximum absolute atomic E-state index is 11.4. The first kappa shape index (κ1) is 9.20. The van der Waals surface area contributed by atoms with Crippen molar-refractivity contribution in [2.75, 3.05) is 25.9 Å². The zero-order valence-corrected chi connectivity index (χ0v) is 8.25. The number of rotatable bonds is 2. The van der Waals surface area contributed by atoms with E-state index in [0.717, 1.165) is 12.3 Å². The molecule has 2 nitrogen and oxygen atoms in total. The van der Waals surface area contributed by atoms with E-state index in [9.17, 15) is 4.21 Å². The summed E-state index contributed by atoms with van der Waals surface area (Å²) in [5.74, 6) is 0.831. The van der Waals surface area contributed by atoms with Gasteiger partial charge in [-0.1, -0.05) is 6.92 Å². The summed E-state index contributed by atoms with van der Waals surface area (Å²) in [6, 6.07) is 0. The fourth-order valence-electron chi connectivity index (χ4n) is 1.68. The zero-order valence-electron chi connectivity index (χ0n) is 7.43. The van der Waals surface area contributed by atoms with Gasteiger partial charge in [0.15, 0.2) is 0 Å². The molecule has 0 amide bonds. The molecule has 0 aromatic heterocycles. The average Bonchev–Trinajstić information content (AvgIpc) is 2.03. The summed E-state index contributed by atoms with van der Waals surface area (Å²) < 4.78 is 11.4. The largest absolute Gasteiger partial charge is 0.336 e. The first-order valence-corrected chi connectivity index (χ1v) is 5.80. The van der Waals surface area contributed by atoms with Gasteiger partial charge >= 0.3 is 0 Å². The highest BCUT2D eigenvalue weighted by molar-refractivity contribution is 7.85. The number of hydrogen-bond donors (Lipinski definition) is 1. The molecule has 0 radical (unpaired) electrons. The van der Waals surface area contributed by atoms with E-state index in [4.69, 9.17) is 0 Å². The quantitative estimate of drug-likeness (QED) is 0.598. The van der Waals surface area contributed by atoms with Crippen molar-refractivity contribution < 1.29 is 9.11 Å². The summed E-state index contributed by atoms with van der Waals surface area (Å²) in [5.41, 5.74) is 0. The van der Waals surface area contributed by atoms with Gasteiger partial charge < -0.3 is 4.90 Å². The second-order valence-electron chi connectivity index (χ2n) is 3.34. The molecule has 3 atom stereocenters. The Labute approximate surface area is 71.4 Å². The van der Waals surface area contributed by atoms with E-state index in [2.05, 4.69) is 7.05 Å². The second kappa shape index (κ2) is 4.21. The van der Waals surface area contributed by atoms with E-state index < -0.39 is 10.8 Å². The van der Waals surface area contributed by atoms with Crippen molar-refractivity contribution in [1.82, 2.24) is 0 Å². The van der Waals surface area contributed by atoms with Crippen molar-refractivity contribution in [3.8, 4) is 0 Å². The van der Waals surface area contributed by atoms with Gasteiger partial charge in [-0.3, -0.25) is 4.21 Å². The Morgan fingerprint density at radius 3 is 2.91 bits per heavy atom. The molecule has 0 spiro atoms. The van der Waals surface area contributed by atoms with E-state index in [-0.39, 0.29) is 0 Å². The van der Waals surface area contributed by atoms with Gasteiger partial charge in [-0.15, -0.1) is 0 Å². The van der Waals surface area contributed by atoms with Gasteiger partial charge in [-0.05, 0) is 12.8 Å². The third-order valence-corrected chi connectivity index (χ3v) is 4.08. The molecule has 0 aromatic carbocycles. The fraction of sp³-hybridized carbons (Fsp3) is 1.00. The molecule has 1 heterocycles. The Balaban J connectivity index is 2.39. The Morgan fingerprint density at radius 1 is 1.64 bits per heavy atom. The molecule has 0 aliphatic carbocycles. The summed E-state index contributed by atoms with van der Waals surface area (Å²) in [6.07, 6.45) is 2.43. The van der Waals surface area contributed by atoms with Gasteiger partial charge in [0.25, 0.3) is 0 Å². The third-order valence-electron chi connectivity index (χ3n) is 2.36. The minimum absolute atomic E-state index is 0.480. The molecule has 1 rings (SSSR count). The van der Waals surface area contributed by atoms with Crippen LogP contribution in [0.1, 0.15) is 19.8 Å². The number of quaternary nitrogens is 1. The Morgan fingerprint density at radius 2 is 2.36 bits per heavy atom. The highest BCUT2D eigenvalue weighted by atomic mass is 32.2. The lowest BCUT2D eigenvalue weighted by Gasteiger charge is -2.25. The van der Waals surface area contributed by atoms with Crippen molar-refractivity contribution in [1.29, 1.82) is 0 Å². The van der Waals surface area contributed by atoms with E-state index in [1.807, 2.05) is 6.92 Å². The highest BCUT2D eigenvalue weighted by Crippen LogP contribution is 2.05. The van der Waals surface area contributed by atoms with Gasteiger partial charge in [-0.25, -0.2) is 0 Å². The van der Waals surface area contributed by atoms with Gasteiger partial charge in [-0.2, -0.15) is 0 Å². The predicted octanol–water partition coefficient (Wildman–Crippen LogP) is -0.568. The summed E-state index contributed by atoms with van der Waals surface area (Å²) in [6.45, 7) is 4.39. The summed E-state index contributed by atoms with van der Waals surface area (Å²) in [5, 5.41) is 0.480. The van der Waals surface area contributed by atoms with Crippen molar-refractivity contribution in [3.63, 3.8) is 0 Å². The lowest BCUT2D eigenvalue weighted by Crippen LogP contribution is -3.11. The molecule has 66 valence electrons. The number of hydrogen-bond acceptors (Lipinski definition) is 1. The van der Waals surface area contributed by atoms with Crippen molar-refractivity contribution in [2.24, 2.45) is 0 Å². The third kappa shape index (κ3) is 2.56. The lowest BCUT2D eigenvalue weighted by molar-refractivity contribution is -0.883. The first-order valence-electron chi connectivity index (χ1n) is 4.42. The molecule has 0 aromatic rings. The van der Waals surface area contributed by atoms with Crippen LogP contribution in [-0.2, 0) is 10.8 Å². The summed E-state index contributed by atoms with van der Waals surface area (Å²) in [7, 11) is 1.64. The molecule has 3 heteroatoms. The van der Waals surface area contributed by atoms with Crippen LogP contribution in [0.4, 0.5) is 0 Å². The topological polar surface area (TPSA) is 21.5 Å². The Hall–Kier alpha value is 0.110.